The van der Waals surface area contributed by atoms with Crippen molar-refractivity contribution in [3.8, 4) is 0 Å². The van der Waals surface area contributed by atoms with Crippen LogP contribution in [0.25, 0.3) is 0 Å². The summed E-state index contributed by atoms with van der Waals surface area (Å²) in [6.07, 6.45) is 4.76. The summed E-state index contributed by atoms with van der Waals surface area (Å²) >= 11 is 0. The van der Waals surface area contributed by atoms with E-state index in [1.54, 1.807) is 0 Å². The molecule has 3 saturated heterocycles. The molecule has 0 saturated carbocycles. The Balaban J connectivity index is 1.54. The Labute approximate surface area is 109 Å². The fourth-order valence-corrected chi connectivity index (χ4v) is 3.91. The lowest BCUT2D eigenvalue weighted by Crippen LogP contribution is -2.49. The molecule has 0 aliphatic carbocycles. The number of amides is 1. The molecule has 2 N–H and O–H groups in total. The van der Waals surface area contributed by atoms with Crippen molar-refractivity contribution in [2.45, 2.75) is 44.7 Å². The van der Waals surface area contributed by atoms with Gasteiger partial charge in [-0.1, -0.05) is 6.92 Å². The molecule has 3 aliphatic rings. The van der Waals surface area contributed by atoms with Gasteiger partial charge in [0.1, 0.15) is 0 Å². The Bertz CT molecular complexity index is 320. The molecule has 102 valence electrons. The lowest BCUT2D eigenvalue weighted by molar-refractivity contribution is -0.126. The molecular weight excluding hydrogens is 226 g/mol. The number of hydrogen-bond donors (Lipinski definition) is 2. The molecule has 3 fully saturated rings. The average molecular weight is 251 g/mol. The molecule has 3 aliphatic heterocycles. The van der Waals surface area contributed by atoms with E-state index in [1.807, 2.05) is 0 Å². The Morgan fingerprint density at radius 2 is 2.17 bits per heavy atom. The van der Waals surface area contributed by atoms with Crippen LogP contribution in [0.15, 0.2) is 0 Å². The monoisotopic (exact) mass is 251 g/mol. The van der Waals surface area contributed by atoms with Gasteiger partial charge in [0.2, 0.25) is 5.91 Å². The minimum atomic E-state index is 0.184. The molecule has 0 radical (unpaired) electrons. The molecule has 0 spiro atoms. The number of rotatable bonds is 2. The minimum Gasteiger partial charge on any atom is -0.351 e. The van der Waals surface area contributed by atoms with E-state index in [4.69, 9.17) is 0 Å². The second-order valence-electron chi connectivity index (χ2n) is 6.35. The number of carbonyl (C=O) groups is 1. The third-order valence-electron chi connectivity index (χ3n) is 4.87. The standard InChI is InChI=1S/C14H25N3O/c1-10-7-11(9-15-8-10)14(18)16-12-4-6-17-5-2-3-13(12)17/h10-13,15H,2-9H2,1H3,(H,16,18). The molecular formula is C14H25N3O. The van der Waals surface area contributed by atoms with Crippen molar-refractivity contribution in [2.75, 3.05) is 26.2 Å². The topological polar surface area (TPSA) is 44.4 Å². The molecule has 0 bridgehead atoms. The molecule has 4 heteroatoms. The van der Waals surface area contributed by atoms with Crippen LogP contribution in [0.4, 0.5) is 0 Å². The highest BCUT2D eigenvalue weighted by Gasteiger charge is 2.38. The van der Waals surface area contributed by atoms with Crippen molar-refractivity contribution in [3.05, 3.63) is 0 Å². The van der Waals surface area contributed by atoms with Crippen LogP contribution in [-0.4, -0.2) is 49.1 Å². The summed E-state index contributed by atoms with van der Waals surface area (Å²) in [6, 6.07) is 1.04. The normalized spacial score (nSPS) is 40.7. The third-order valence-corrected chi connectivity index (χ3v) is 4.87. The van der Waals surface area contributed by atoms with Crippen LogP contribution in [0, 0.1) is 11.8 Å². The number of nitrogens with zero attached hydrogens (tertiary/aromatic N) is 1. The molecule has 3 heterocycles. The second-order valence-corrected chi connectivity index (χ2v) is 6.35. The summed E-state index contributed by atoms with van der Waals surface area (Å²) in [5.41, 5.74) is 0. The smallest absolute Gasteiger partial charge is 0.224 e. The number of nitrogens with one attached hydrogen (secondary N) is 2. The molecule has 4 nitrogen and oxygen atoms in total. The van der Waals surface area contributed by atoms with Crippen molar-refractivity contribution in [3.63, 3.8) is 0 Å². The molecule has 3 rings (SSSR count). The largest absolute Gasteiger partial charge is 0.351 e. The first kappa shape index (κ1) is 12.4. The maximum atomic E-state index is 12.3. The van der Waals surface area contributed by atoms with Crippen LogP contribution >= 0.6 is 0 Å². The summed E-state index contributed by atoms with van der Waals surface area (Å²) in [6.45, 7) is 6.55. The second kappa shape index (κ2) is 5.17. The lowest BCUT2D eigenvalue weighted by atomic mass is 9.91. The molecule has 0 aromatic rings. The van der Waals surface area contributed by atoms with Crippen LogP contribution in [0.5, 0.6) is 0 Å². The van der Waals surface area contributed by atoms with Crippen LogP contribution < -0.4 is 10.6 Å². The van der Waals surface area contributed by atoms with Gasteiger partial charge in [0.15, 0.2) is 0 Å². The SMILES string of the molecule is CC1CNCC(C(=O)NC2CCN3CCCC23)C1. The number of fused-ring (bicyclic) bond motifs is 1. The molecule has 0 aromatic carbocycles. The Morgan fingerprint density at radius 3 is 3.00 bits per heavy atom. The van der Waals surface area contributed by atoms with Crippen molar-refractivity contribution in [1.29, 1.82) is 0 Å². The fraction of sp³-hybridized carbons (Fsp3) is 0.929. The Kier molecular flexibility index (Phi) is 3.57. The van der Waals surface area contributed by atoms with Gasteiger partial charge in [-0.25, -0.2) is 0 Å². The lowest BCUT2D eigenvalue weighted by Gasteiger charge is -2.29. The predicted molar refractivity (Wildman–Crippen MR) is 71.3 cm³/mol. The molecule has 4 unspecified atom stereocenters. The predicted octanol–water partition coefficient (Wildman–Crippen LogP) is 0.585. The van der Waals surface area contributed by atoms with Gasteiger partial charge in [-0.05, 0) is 44.7 Å². The quantitative estimate of drug-likeness (QED) is 0.755. The average Bonchev–Trinajstić information content (AvgIpc) is 2.94. The summed E-state index contributed by atoms with van der Waals surface area (Å²) in [5.74, 6) is 1.10. The van der Waals surface area contributed by atoms with Crippen LogP contribution in [-0.2, 0) is 4.79 Å². The van der Waals surface area contributed by atoms with Crippen molar-refractivity contribution in [2.24, 2.45) is 11.8 Å². The van der Waals surface area contributed by atoms with Gasteiger partial charge in [0, 0.05) is 25.2 Å². The highest BCUT2D eigenvalue weighted by molar-refractivity contribution is 5.79. The zero-order valence-corrected chi connectivity index (χ0v) is 11.3. The van der Waals surface area contributed by atoms with Crippen LogP contribution in [0.1, 0.15) is 32.6 Å². The van der Waals surface area contributed by atoms with E-state index in [0.717, 1.165) is 25.9 Å². The van der Waals surface area contributed by atoms with Crippen LogP contribution in [0.3, 0.4) is 0 Å². The first-order chi connectivity index (χ1) is 8.74. The number of piperidine rings is 1. The van der Waals surface area contributed by atoms with E-state index in [1.165, 1.54) is 25.9 Å². The third kappa shape index (κ3) is 2.41. The highest BCUT2D eigenvalue weighted by atomic mass is 16.2. The summed E-state index contributed by atoms with van der Waals surface area (Å²) in [5, 5.41) is 6.69. The highest BCUT2D eigenvalue weighted by Crippen LogP contribution is 2.28. The zero-order chi connectivity index (χ0) is 12.5. The van der Waals surface area contributed by atoms with Crippen molar-refractivity contribution in [1.82, 2.24) is 15.5 Å². The van der Waals surface area contributed by atoms with Gasteiger partial charge >= 0.3 is 0 Å². The Hall–Kier alpha value is -0.610. The first-order valence-corrected chi connectivity index (χ1v) is 7.49. The van der Waals surface area contributed by atoms with Gasteiger partial charge < -0.3 is 10.6 Å². The van der Waals surface area contributed by atoms with Crippen LogP contribution in [0.2, 0.25) is 0 Å². The van der Waals surface area contributed by atoms with E-state index in [2.05, 4.69) is 22.5 Å². The summed E-state index contributed by atoms with van der Waals surface area (Å²) < 4.78 is 0. The maximum absolute atomic E-state index is 12.3. The number of hydrogen-bond acceptors (Lipinski definition) is 3. The van der Waals surface area contributed by atoms with Gasteiger partial charge in [-0.3, -0.25) is 9.69 Å². The van der Waals surface area contributed by atoms with E-state index >= 15 is 0 Å². The fourth-order valence-electron chi connectivity index (χ4n) is 3.91. The molecule has 4 atom stereocenters. The molecule has 0 aromatic heterocycles. The maximum Gasteiger partial charge on any atom is 0.224 e. The van der Waals surface area contributed by atoms with Gasteiger partial charge in [-0.15, -0.1) is 0 Å². The van der Waals surface area contributed by atoms with E-state index in [9.17, 15) is 4.79 Å². The van der Waals surface area contributed by atoms with Crippen molar-refractivity contribution < 1.29 is 4.79 Å². The summed E-state index contributed by atoms with van der Waals surface area (Å²) in [4.78, 5) is 14.9. The van der Waals surface area contributed by atoms with Crippen molar-refractivity contribution >= 4 is 5.91 Å². The Morgan fingerprint density at radius 1 is 1.28 bits per heavy atom. The molecule has 1 amide bonds. The first-order valence-electron chi connectivity index (χ1n) is 7.49. The zero-order valence-electron chi connectivity index (χ0n) is 11.3. The van der Waals surface area contributed by atoms with Gasteiger partial charge in [0.05, 0.1) is 5.92 Å². The minimum absolute atomic E-state index is 0.184. The van der Waals surface area contributed by atoms with E-state index < -0.39 is 0 Å². The van der Waals surface area contributed by atoms with E-state index in [-0.39, 0.29) is 11.8 Å². The molecule has 18 heavy (non-hydrogen) atoms. The number of carbonyl (C=O) groups excluding carboxylic acids is 1. The van der Waals surface area contributed by atoms with Gasteiger partial charge in [0.25, 0.3) is 0 Å². The summed E-state index contributed by atoms with van der Waals surface area (Å²) in [7, 11) is 0. The van der Waals surface area contributed by atoms with Gasteiger partial charge in [-0.2, -0.15) is 0 Å². The van der Waals surface area contributed by atoms with E-state index in [0.29, 0.717) is 18.0 Å².